The van der Waals surface area contributed by atoms with Crippen molar-refractivity contribution in [2.75, 3.05) is 7.11 Å². The summed E-state index contributed by atoms with van der Waals surface area (Å²) < 4.78 is 4.46. The number of phenolic OH excluding ortho intramolecular Hbond substituents is 1. The predicted molar refractivity (Wildman–Crippen MR) is 66.2 cm³/mol. The van der Waals surface area contributed by atoms with E-state index in [9.17, 15) is 4.79 Å². The van der Waals surface area contributed by atoms with Gasteiger partial charge in [0.05, 0.1) is 12.7 Å². The molecule has 1 aromatic rings. The maximum Gasteiger partial charge on any atom is 0.337 e. The number of alkyl halides is 1. The van der Waals surface area contributed by atoms with Crippen LogP contribution in [-0.2, 0) is 4.74 Å². The number of ether oxygens (including phenoxy) is 1. The molecular formula is C12H17ClO4. The van der Waals surface area contributed by atoms with Crippen LogP contribution in [0.5, 0.6) is 5.75 Å². The number of carbonyl (C=O) groups excluding carboxylic acids is 1. The number of aromatic hydroxyl groups is 1. The van der Waals surface area contributed by atoms with E-state index in [1.807, 2.05) is 6.92 Å². The van der Waals surface area contributed by atoms with Crippen molar-refractivity contribution in [2.45, 2.75) is 25.3 Å². The maximum absolute atomic E-state index is 10.8. The number of aliphatic hydroxyl groups excluding tert-OH is 1. The Morgan fingerprint density at radius 1 is 1.41 bits per heavy atom. The number of phenols is 1. The number of methoxy groups -OCH3 is 1. The molecule has 0 amide bonds. The third kappa shape index (κ3) is 7.60. The van der Waals surface area contributed by atoms with E-state index in [1.165, 1.54) is 31.4 Å². The van der Waals surface area contributed by atoms with Crippen LogP contribution < -0.4 is 0 Å². The molecule has 1 rings (SSSR count). The van der Waals surface area contributed by atoms with Gasteiger partial charge in [0.25, 0.3) is 0 Å². The predicted octanol–water partition coefficient (Wildman–Crippen LogP) is 2.52. The van der Waals surface area contributed by atoms with E-state index in [0.29, 0.717) is 12.0 Å². The molecule has 0 bridgehead atoms. The van der Waals surface area contributed by atoms with Gasteiger partial charge in [-0.1, -0.05) is 24.9 Å². The molecule has 17 heavy (non-hydrogen) atoms. The van der Waals surface area contributed by atoms with Crippen LogP contribution >= 0.6 is 11.6 Å². The average molecular weight is 261 g/mol. The second-order valence-electron chi connectivity index (χ2n) is 3.26. The second kappa shape index (κ2) is 8.84. The summed E-state index contributed by atoms with van der Waals surface area (Å²) in [7, 11) is 1.31. The van der Waals surface area contributed by atoms with Crippen molar-refractivity contribution in [2.24, 2.45) is 0 Å². The summed E-state index contributed by atoms with van der Waals surface area (Å²) in [5.74, 6) is -0.261. The zero-order valence-corrected chi connectivity index (χ0v) is 10.6. The van der Waals surface area contributed by atoms with Gasteiger partial charge in [-0.05, 0) is 30.7 Å². The molecule has 0 saturated carbocycles. The first kappa shape index (κ1) is 15.7. The molecule has 0 saturated heterocycles. The monoisotopic (exact) mass is 260 g/mol. The van der Waals surface area contributed by atoms with Crippen LogP contribution in [0.25, 0.3) is 0 Å². The standard InChI is InChI=1S/C8H8O3.C4H9ClO/c1-11-8(10)6-2-4-7(9)5-3-6;1-2-3-4(5)6/h2-5,9H,1H3;4,6H,2-3H2,1H3. The van der Waals surface area contributed by atoms with Crippen LogP contribution in [0.3, 0.4) is 0 Å². The highest BCUT2D eigenvalue weighted by Crippen LogP contribution is 2.09. The molecule has 0 radical (unpaired) electrons. The van der Waals surface area contributed by atoms with Crippen LogP contribution in [0.1, 0.15) is 30.1 Å². The van der Waals surface area contributed by atoms with Crippen molar-refractivity contribution >= 4 is 17.6 Å². The van der Waals surface area contributed by atoms with Crippen molar-refractivity contribution in [3.8, 4) is 5.75 Å². The molecular weight excluding hydrogens is 244 g/mol. The first-order valence-corrected chi connectivity index (χ1v) is 5.64. The molecule has 0 aliphatic carbocycles. The third-order valence-corrected chi connectivity index (χ3v) is 2.03. The molecule has 5 heteroatoms. The quantitative estimate of drug-likeness (QED) is 0.647. The molecule has 2 N–H and O–H groups in total. The van der Waals surface area contributed by atoms with Gasteiger partial charge in [-0.15, -0.1) is 0 Å². The second-order valence-corrected chi connectivity index (χ2v) is 3.77. The van der Waals surface area contributed by atoms with Crippen molar-refractivity contribution in [1.29, 1.82) is 0 Å². The lowest BCUT2D eigenvalue weighted by Gasteiger charge is -1.97. The van der Waals surface area contributed by atoms with E-state index in [2.05, 4.69) is 4.74 Å². The molecule has 1 unspecified atom stereocenters. The topological polar surface area (TPSA) is 66.8 Å². The molecule has 0 spiro atoms. The Hall–Kier alpha value is -1.26. The maximum atomic E-state index is 10.8. The molecule has 1 atom stereocenters. The summed E-state index contributed by atoms with van der Waals surface area (Å²) in [6.45, 7) is 1.98. The smallest absolute Gasteiger partial charge is 0.337 e. The normalized spacial score (nSPS) is 11.1. The van der Waals surface area contributed by atoms with Crippen LogP contribution in [0.15, 0.2) is 24.3 Å². The highest BCUT2D eigenvalue weighted by molar-refractivity contribution is 6.19. The highest BCUT2D eigenvalue weighted by Gasteiger charge is 2.02. The first-order chi connectivity index (χ1) is 8.01. The van der Waals surface area contributed by atoms with Gasteiger partial charge in [0.1, 0.15) is 11.3 Å². The lowest BCUT2D eigenvalue weighted by molar-refractivity contribution is 0.0600. The van der Waals surface area contributed by atoms with Crippen molar-refractivity contribution in [3.63, 3.8) is 0 Å². The summed E-state index contributed by atoms with van der Waals surface area (Å²) in [5, 5.41) is 17.2. The van der Waals surface area contributed by atoms with Crippen LogP contribution in [0.4, 0.5) is 0 Å². The lowest BCUT2D eigenvalue weighted by atomic mass is 10.2. The molecule has 96 valence electrons. The summed E-state index contributed by atoms with van der Waals surface area (Å²) in [6, 6.07) is 5.88. The van der Waals surface area contributed by atoms with Gasteiger partial charge in [0, 0.05) is 0 Å². The van der Waals surface area contributed by atoms with Crippen LogP contribution in [0, 0.1) is 0 Å². The minimum absolute atomic E-state index is 0.137. The van der Waals surface area contributed by atoms with Gasteiger partial charge in [-0.25, -0.2) is 4.79 Å². The van der Waals surface area contributed by atoms with Gasteiger partial charge >= 0.3 is 5.97 Å². The molecule has 4 nitrogen and oxygen atoms in total. The Bertz CT molecular complexity index is 322. The molecule has 0 aliphatic rings. The largest absolute Gasteiger partial charge is 0.508 e. The average Bonchev–Trinajstić information content (AvgIpc) is 2.29. The Balaban J connectivity index is 0.000000366. The number of rotatable bonds is 3. The molecule has 0 aromatic heterocycles. The first-order valence-electron chi connectivity index (χ1n) is 5.20. The van der Waals surface area contributed by atoms with Crippen LogP contribution in [0.2, 0.25) is 0 Å². The Morgan fingerprint density at radius 3 is 2.24 bits per heavy atom. The Kier molecular flexibility index (Phi) is 8.19. The van der Waals surface area contributed by atoms with Crippen molar-refractivity contribution < 1.29 is 19.7 Å². The highest BCUT2D eigenvalue weighted by atomic mass is 35.5. The third-order valence-electron chi connectivity index (χ3n) is 1.82. The summed E-state index contributed by atoms with van der Waals surface area (Å²) in [6.07, 6.45) is 1.65. The minimum atomic E-state index is -0.630. The van der Waals surface area contributed by atoms with Gasteiger partial charge in [-0.2, -0.15) is 0 Å². The van der Waals surface area contributed by atoms with Gasteiger partial charge in [-0.3, -0.25) is 0 Å². The van der Waals surface area contributed by atoms with Crippen LogP contribution in [-0.4, -0.2) is 28.9 Å². The molecule has 0 fully saturated rings. The lowest BCUT2D eigenvalue weighted by Crippen LogP contribution is -1.99. The fourth-order valence-electron chi connectivity index (χ4n) is 0.954. The fourth-order valence-corrected chi connectivity index (χ4v) is 1.17. The summed E-state index contributed by atoms with van der Waals surface area (Å²) in [5.41, 5.74) is -0.194. The molecule has 1 aromatic carbocycles. The number of carbonyl (C=O) groups is 1. The zero-order valence-electron chi connectivity index (χ0n) is 9.89. The Labute approximate surface area is 106 Å². The molecule has 0 heterocycles. The minimum Gasteiger partial charge on any atom is -0.508 e. The number of hydrogen-bond acceptors (Lipinski definition) is 4. The fraction of sp³-hybridized carbons (Fsp3) is 0.417. The van der Waals surface area contributed by atoms with Gasteiger partial charge in [0.2, 0.25) is 0 Å². The number of benzene rings is 1. The number of halogens is 1. The zero-order chi connectivity index (χ0) is 13.3. The van der Waals surface area contributed by atoms with E-state index in [4.69, 9.17) is 21.8 Å². The Morgan fingerprint density at radius 2 is 1.94 bits per heavy atom. The number of hydrogen-bond donors (Lipinski definition) is 2. The summed E-state index contributed by atoms with van der Waals surface area (Å²) >= 11 is 5.13. The van der Waals surface area contributed by atoms with Gasteiger partial charge in [0.15, 0.2) is 0 Å². The number of esters is 1. The van der Waals surface area contributed by atoms with E-state index < -0.39 is 11.5 Å². The van der Waals surface area contributed by atoms with Crippen molar-refractivity contribution in [3.05, 3.63) is 29.8 Å². The summed E-state index contributed by atoms with van der Waals surface area (Å²) in [4.78, 5) is 10.8. The van der Waals surface area contributed by atoms with E-state index in [-0.39, 0.29) is 5.75 Å². The SMILES string of the molecule is CCCC(O)Cl.COC(=O)c1ccc(O)cc1. The van der Waals surface area contributed by atoms with Crippen molar-refractivity contribution in [1.82, 2.24) is 0 Å². The van der Waals surface area contributed by atoms with E-state index in [0.717, 1.165) is 6.42 Å². The van der Waals surface area contributed by atoms with E-state index in [1.54, 1.807) is 0 Å². The van der Waals surface area contributed by atoms with E-state index >= 15 is 0 Å². The van der Waals surface area contributed by atoms with Gasteiger partial charge < -0.3 is 14.9 Å². The number of aliphatic hydroxyl groups is 1. The molecule has 0 aliphatic heterocycles.